The summed E-state index contributed by atoms with van der Waals surface area (Å²) in [6.07, 6.45) is 0.519. The summed E-state index contributed by atoms with van der Waals surface area (Å²) < 4.78 is 5.87. The number of hydrogen-bond acceptors (Lipinski definition) is 4. The monoisotopic (exact) mass is 277 g/mol. The molecule has 0 spiro atoms. The van der Waals surface area contributed by atoms with Gasteiger partial charge in [0.25, 0.3) is 0 Å². The molecular formula is C15H19NO4. The predicted molar refractivity (Wildman–Crippen MR) is 72.9 cm³/mol. The van der Waals surface area contributed by atoms with Crippen molar-refractivity contribution in [3.63, 3.8) is 0 Å². The highest BCUT2D eigenvalue weighted by Gasteiger charge is 2.38. The second-order valence-corrected chi connectivity index (χ2v) is 5.75. The number of carboxylic acid groups (broad SMARTS) is 1. The number of likely N-dealkylation sites (tertiary alicyclic amines) is 1. The maximum atomic E-state index is 11.2. The number of aliphatic carboxylic acids is 1. The van der Waals surface area contributed by atoms with Crippen molar-refractivity contribution >= 4 is 5.97 Å². The van der Waals surface area contributed by atoms with Crippen LogP contribution >= 0.6 is 0 Å². The first kappa shape index (κ1) is 13.4. The van der Waals surface area contributed by atoms with Crippen molar-refractivity contribution in [2.24, 2.45) is 0 Å². The SMILES string of the molecule is Cc1ccc2c(c1)CC(CN1CC(O)CC1C(=O)O)O2. The minimum absolute atomic E-state index is 0.0288. The number of carboxylic acids is 1. The van der Waals surface area contributed by atoms with Gasteiger partial charge in [-0.05, 0) is 18.6 Å². The molecule has 3 rings (SSSR count). The van der Waals surface area contributed by atoms with Gasteiger partial charge >= 0.3 is 5.97 Å². The Labute approximate surface area is 117 Å². The van der Waals surface area contributed by atoms with E-state index in [1.165, 1.54) is 11.1 Å². The second kappa shape index (κ2) is 5.07. The number of ether oxygens (including phenoxy) is 1. The normalized spacial score (nSPS) is 29.2. The van der Waals surface area contributed by atoms with E-state index in [-0.39, 0.29) is 6.10 Å². The minimum atomic E-state index is -0.868. The van der Waals surface area contributed by atoms with Crippen LogP contribution in [-0.2, 0) is 11.2 Å². The molecule has 1 aromatic rings. The lowest BCUT2D eigenvalue weighted by atomic mass is 10.1. The number of aryl methyl sites for hydroxylation is 1. The fourth-order valence-corrected chi connectivity index (χ4v) is 3.15. The van der Waals surface area contributed by atoms with Crippen molar-refractivity contribution in [1.82, 2.24) is 4.90 Å². The van der Waals surface area contributed by atoms with Crippen LogP contribution in [0.1, 0.15) is 17.5 Å². The van der Waals surface area contributed by atoms with Crippen molar-refractivity contribution in [1.29, 1.82) is 0 Å². The van der Waals surface area contributed by atoms with E-state index in [1.54, 1.807) is 0 Å². The van der Waals surface area contributed by atoms with E-state index >= 15 is 0 Å². The Morgan fingerprint density at radius 3 is 3.05 bits per heavy atom. The Kier molecular flexibility index (Phi) is 3.40. The highest BCUT2D eigenvalue weighted by atomic mass is 16.5. The average Bonchev–Trinajstić information content (AvgIpc) is 2.92. The smallest absolute Gasteiger partial charge is 0.321 e. The summed E-state index contributed by atoms with van der Waals surface area (Å²) >= 11 is 0. The summed E-state index contributed by atoms with van der Waals surface area (Å²) in [6, 6.07) is 5.50. The van der Waals surface area contributed by atoms with Gasteiger partial charge in [-0.25, -0.2) is 0 Å². The zero-order valence-corrected chi connectivity index (χ0v) is 11.5. The van der Waals surface area contributed by atoms with Crippen LogP contribution in [0.4, 0.5) is 0 Å². The molecule has 2 heterocycles. The predicted octanol–water partition coefficient (Wildman–Crippen LogP) is 0.818. The van der Waals surface area contributed by atoms with Crippen LogP contribution in [0.5, 0.6) is 5.75 Å². The molecular weight excluding hydrogens is 258 g/mol. The van der Waals surface area contributed by atoms with E-state index in [0.29, 0.717) is 19.5 Å². The molecule has 5 heteroatoms. The van der Waals surface area contributed by atoms with Gasteiger partial charge in [-0.15, -0.1) is 0 Å². The number of aliphatic hydroxyl groups excluding tert-OH is 1. The molecule has 5 nitrogen and oxygen atoms in total. The van der Waals surface area contributed by atoms with E-state index in [1.807, 2.05) is 24.0 Å². The van der Waals surface area contributed by atoms with E-state index in [4.69, 9.17) is 4.74 Å². The van der Waals surface area contributed by atoms with Crippen molar-refractivity contribution < 1.29 is 19.7 Å². The molecule has 3 atom stereocenters. The highest BCUT2D eigenvalue weighted by Crippen LogP contribution is 2.31. The second-order valence-electron chi connectivity index (χ2n) is 5.75. The number of hydrogen-bond donors (Lipinski definition) is 2. The van der Waals surface area contributed by atoms with Crippen LogP contribution in [0, 0.1) is 6.92 Å². The van der Waals surface area contributed by atoms with Crippen LogP contribution in [0.2, 0.25) is 0 Å². The van der Waals surface area contributed by atoms with E-state index < -0.39 is 18.1 Å². The molecule has 2 aliphatic heterocycles. The number of rotatable bonds is 3. The van der Waals surface area contributed by atoms with Crippen molar-refractivity contribution in [2.75, 3.05) is 13.1 Å². The Balaban J connectivity index is 1.67. The van der Waals surface area contributed by atoms with Crippen LogP contribution < -0.4 is 4.74 Å². The average molecular weight is 277 g/mol. The standard InChI is InChI=1S/C15H19NO4/c1-9-2-3-14-10(4-9)5-12(20-14)8-16-7-11(17)6-13(16)15(18)19/h2-4,11-13,17H,5-8H2,1H3,(H,18,19). The summed E-state index contributed by atoms with van der Waals surface area (Å²) in [6.45, 7) is 3.00. The zero-order chi connectivity index (χ0) is 14.3. The Hall–Kier alpha value is -1.59. The van der Waals surface area contributed by atoms with Gasteiger partial charge < -0.3 is 14.9 Å². The van der Waals surface area contributed by atoms with Gasteiger partial charge in [0.05, 0.1) is 6.10 Å². The number of nitrogens with zero attached hydrogens (tertiary/aromatic N) is 1. The van der Waals surface area contributed by atoms with E-state index in [2.05, 4.69) is 6.07 Å². The third kappa shape index (κ3) is 2.51. The molecule has 0 amide bonds. The van der Waals surface area contributed by atoms with Gasteiger partial charge in [0, 0.05) is 25.9 Å². The van der Waals surface area contributed by atoms with Crippen molar-refractivity contribution in [3.05, 3.63) is 29.3 Å². The van der Waals surface area contributed by atoms with Gasteiger partial charge in [-0.1, -0.05) is 17.7 Å². The lowest BCUT2D eigenvalue weighted by Gasteiger charge is -2.23. The van der Waals surface area contributed by atoms with Gasteiger partial charge in [-0.2, -0.15) is 0 Å². The molecule has 108 valence electrons. The number of carbonyl (C=O) groups is 1. The van der Waals surface area contributed by atoms with Gasteiger partial charge in [0.2, 0.25) is 0 Å². The fraction of sp³-hybridized carbons (Fsp3) is 0.533. The maximum absolute atomic E-state index is 11.2. The first-order chi connectivity index (χ1) is 9.52. The van der Waals surface area contributed by atoms with E-state index in [0.717, 1.165) is 12.2 Å². The zero-order valence-electron chi connectivity index (χ0n) is 11.5. The molecule has 0 bridgehead atoms. The quantitative estimate of drug-likeness (QED) is 0.856. The number of fused-ring (bicyclic) bond motifs is 1. The molecule has 0 radical (unpaired) electrons. The molecule has 1 aromatic carbocycles. The summed E-state index contributed by atoms with van der Waals surface area (Å²) in [7, 11) is 0. The lowest BCUT2D eigenvalue weighted by Crippen LogP contribution is -2.42. The summed E-state index contributed by atoms with van der Waals surface area (Å²) in [5.74, 6) is 0.0279. The molecule has 3 unspecified atom stereocenters. The fourth-order valence-electron chi connectivity index (χ4n) is 3.15. The Morgan fingerprint density at radius 2 is 2.30 bits per heavy atom. The highest BCUT2D eigenvalue weighted by molar-refractivity contribution is 5.74. The molecule has 0 aromatic heterocycles. The summed E-state index contributed by atoms with van der Waals surface area (Å²) in [5.41, 5.74) is 2.38. The van der Waals surface area contributed by atoms with Crippen molar-refractivity contribution in [3.8, 4) is 5.75 Å². The first-order valence-corrected chi connectivity index (χ1v) is 6.94. The van der Waals surface area contributed by atoms with E-state index in [9.17, 15) is 15.0 Å². The van der Waals surface area contributed by atoms with Crippen LogP contribution in [-0.4, -0.2) is 52.4 Å². The molecule has 0 saturated carbocycles. The Bertz CT molecular complexity index is 531. The molecule has 1 fully saturated rings. The third-order valence-electron chi connectivity index (χ3n) is 4.06. The van der Waals surface area contributed by atoms with Gasteiger partial charge in [0.1, 0.15) is 17.9 Å². The molecule has 20 heavy (non-hydrogen) atoms. The van der Waals surface area contributed by atoms with Crippen molar-refractivity contribution in [2.45, 2.75) is 38.0 Å². The third-order valence-corrected chi connectivity index (χ3v) is 4.06. The molecule has 2 N–H and O–H groups in total. The largest absolute Gasteiger partial charge is 0.488 e. The summed E-state index contributed by atoms with van der Waals surface area (Å²) in [4.78, 5) is 13.0. The molecule has 0 aliphatic carbocycles. The molecule has 1 saturated heterocycles. The summed E-state index contributed by atoms with van der Waals surface area (Å²) in [5, 5.41) is 18.8. The van der Waals surface area contributed by atoms with Crippen LogP contribution in [0.25, 0.3) is 0 Å². The van der Waals surface area contributed by atoms with Crippen LogP contribution in [0.15, 0.2) is 18.2 Å². The topological polar surface area (TPSA) is 70.0 Å². The lowest BCUT2D eigenvalue weighted by molar-refractivity contribution is -0.142. The number of benzene rings is 1. The Morgan fingerprint density at radius 1 is 1.50 bits per heavy atom. The minimum Gasteiger partial charge on any atom is -0.488 e. The first-order valence-electron chi connectivity index (χ1n) is 6.94. The van der Waals surface area contributed by atoms with Crippen LogP contribution in [0.3, 0.4) is 0 Å². The van der Waals surface area contributed by atoms with Gasteiger partial charge in [-0.3, -0.25) is 9.69 Å². The maximum Gasteiger partial charge on any atom is 0.321 e. The number of β-amino-alcohol motifs (C(OH)–C–C–N with tert-alkyl or cyclic N) is 1. The molecule has 2 aliphatic rings. The van der Waals surface area contributed by atoms with Gasteiger partial charge in [0.15, 0.2) is 0 Å². The number of aliphatic hydroxyl groups is 1.